The first-order valence-electron chi connectivity index (χ1n) is 6.63. The van der Waals surface area contributed by atoms with Crippen LogP contribution in [0, 0.1) is 13.8 Å². The summed E-state index contributed by atoms with van der Waals surface area (Å²) in [6.07, 6.45) is 0. The fraction of sp³-hybridized carbons (Fsp3) is 0.200. The molecule has 4 nitrogen and oxygen atoms in total. The van der Waals surface area contributed by atoms with Gasteiger partial charge < -0.3 is 5.73 Å². The first-order valence-corrected chi connectivity index (χ1v) is 8.32. The molecule has 0 unspecified atom stereocenters. The van der Waals surface area contributed by atoms with Crippen LogP contribution in [0.3, 0.4) is 0 Å². The molecule has 21 heavy (non-hydrogen) atoms. The summed E-state index contributed by atoms with van der Waals surface area (Å²) in [6.45, 7) is 4.48. The predicted octanol–water partition coefficient (Wildman–Crippen LogP) is 3.56. The largest absolute Gasteiger partial charge is 0.326 e. The van der Waals surface area contributed by atoms with Crippen LogP contribution in [0.15, 0.2) is 45.1 Å². The molecule has 0 atom stereocenters. The van der Waals surface area contributed by atoms with Crippen LogP contribution in [-0.4, -0.2) is 14.8 Å². The van der Waals surface area contributed by atoms with Crippen molar-refractivity contribution in [2.75, 3.05) is 0 Å². The van der Waals surface area contributed by atoms with Crippen molar-refractivity contribution < 1.29 is 0 Å². The number of aromatic nitrogens is 3. The van der Waals surface area contributed by atoms with Gasteiger partial charge >= 0.3 is 0 Å². The van der Waals surface area contributed by atoms with Gasteiger partial charge in [-0.15, -0.1) is 11.3 Å². The highest BCUT2D eigenvalue weighted by atomic mass is 32.2. The number of benzene rings is 1. The van der Waals surface area contributed by atoms with Gasteiger partial charge in [0.15, 0.2) is 4.34 Å². The molecule has 0 saturated heterocycles. The minimum Gasteiger partial charge on any atom is -0.326 e. The SMILES string of the molecule is Cc1csc(Sc2c(CN)c(C)nn2-c2ccccc2)n1. The zero-order chi connectivity index (χ0) is 14.8. The van der Waals surface area contributed by atoms with E-state index in [1.165, 1.54) is 0 Å². The molecular formula is C15H16N4S2. The van der Waals surface area contributed by atoms with Crippen LogP contribution in [0.25, 0.3) is 5.69 Å². The Hall–Kier alpha value is -1.63. The third-order valence-corrected chi connectivity index (χ3v) is 5.29. The average molecular weight is 316 g/mol. The van der Waals surface area contributed by atoms with Crippen LogP contribution >= 0.6 is 23.1 Å². The molecule has 0 fully saturated rings. The summed E-state index contributed by atoms with van der Waals surface area (Å²) in [4.78, 5) is 4.52. The van der Waals surface area contributed by atoms with Gasteiger partial charge in [-0.3, -0.25) is 0 Å². The molecule has 3 aromatic rings. The number of rotatable bonds is 4. The van der Waals surface area contributed by atoms with E-state index in [4.69, 9.17) is 5.73 Å². The Balaban J connectivity index is 2.08. The summed E-state index contributed by atoms with van der Waals surface area (Å²) in [7, 11) is 0. The Morgan fingerprint density at radius 3 is 2.62 bits per heavy atom. The molecule has 0 radical (unpaired) electrons. The summed E-state index contributed by atoms with van der Waals surface area (Å²) >= 11 is 3.28. The van der Waals surface area contributed by atoms with Gasteiger partial charge in [-0.25, -0.2) is 9.67 Å². The van der Waals surface area contributed by atoms with E-state index in [2.05, 4.69) is 15.5 Å². The summed E-state index contributed by atoms with van der Waals surface area (Å²) in [5, 5.41) is 7.75. The molecule has 0 bridgehead atoms. The van der Waals surface area contributed by atoms with Gasteiger partial charge in [-0.05, 0) is 37.7 Å². The normalized spacial score (nSPS) is 11.0. The molecule has 0 aliphatic heterocycles. The number of nitrogens with two attached hydrogens (primary N) is 1. The van der Waals surface area contributed by atoms with Gasteiger partial charge in [-0.2, -0.15) is 5.10 Å². The molecule has 1 aromatic carbocycles. The van der Waals surface area contributed by atoms with E-state index < -0.39 is 0 Å². The van der Waals surface area contributed by atoms with Gasteiger partial charge in [0.25, 0.3) is 0 Å². The van der Waals surface area contributed by atoms with Crippen molar-refractivity contribution in [1.82, 2.24) is 14.8 Å². The van der Waals surface area contributed by atoms with E-state index in [-0.39, 0.29) is 0 Å². The number of hydrogen-bond acceptors (Lipinski definition) is 5. The van der Waals surface area contributed by atoms with E-state index in [1.54, 1.807) is 23.1 Å². The third-order valence-electron chi connectivity index (χ3n) is 3.12. The maximum Gasteiger partial charge on any atom is 0.156 e. The zero-order valence-corrected chi connectivity index (χ0v) is 13.5. The fourth-order valence-corrected chi connectivity index (χ4v) is 4.12. The van der Waals surface area contributed by atoms with Crippen molar-refractivity contribution in [3.8, 4) is 5.69 Å². The maximum atomic E-state index is 5.92. The van der Waals surface area contributed by atoms with Gasteiger partial charge in [0.05, 0.1) is 11.4 Å². The van der Waals surface area contributed by atoms with Gasteiger partial charge in [0.1, 0.15) is 5.03 Å². The summed E-state index contributed by atoms with van der Waals surface area (Å²) in [5.41, 5.74) is 10.0. The van der Waals surface area contributed by atoms with Crippen LogP contribution in [-0.2, 0) is 6.54 Å². The van der Waals surface area contributed by atoms with Crippen LogP contribution in [0.1, 0.15) is 17.0 Å². The van der Waals surface area contributed by atoms with E-state index >= 15 is 0 Å². The van der Waals surface area contributed by atoms with Crippen molar-refractivity contribution in [2.24, 2.45) is 5.73 Å². The van der Waals surface area contributed by atoms with E-state index in [9.17, 15) is 0 Å². The Labute approximate surface area is 132 Å². The number of aryl methyl sites for hydroxylation is 2. The molecule has 0 aliphatic carbocycles. The molecule has 6 heteroatoms. The highest BCUT2D eigenvalue weighted by Gasteiger charge is 2.17. The van der Waals surface area contributed by atoms with Gasteiger partial charge in [-0.1, -0.05) is 18.2 Å². The zero-order valence-electron chi connectivity index (χ0n) is 11.9. The van der Waals surface area contributed by atoms with Crippen molar-refractivity contribution >= 4 is 23.1 Å². The molecule has 2 heterocycles. The Morgan fingerprint density at radius 2 is 2.00 bits per heavy atom. The molecule has 0 aliphatic rings. The standard InChI is InChI=1S/C15H16N4S2/c1-10-9-20-15(17-10)21-14-13(8-16)11(2)18-19(14)12-6-4-3-5-7-12/h3-7,9H,8,16H2,1-2H3. The number of hydrogen-bond donors (Lipinski definition) is 1. The second kappa shape index (κ2) is 6.01. The number of para-hydroxylation sites is 1. The number of nitrogens with zero attached hydrogens (tertiary/aromatic N) is 3. The summed E-state index contributed by atoms with van der Waals surface area (Å²) in [6, 6.07) is 10.1. The Morgan fingerprint density at radius 1 is 1.24 bits per heavy atom. The highest BCUT2D eigenvalue weighted by molar-refractivity contribution is 8.01. The van der Waals surface area contributed by atoms with Crippen LogP contribution < -0.4 is 5.73 Å². The molecule has 0 saturated carbocycles. The van der Waals surface area contributed by atoms with Crippen molar-refractivity contribution in [2.45, 2.75) is 29.8 Å². The molecule has 2 aromatic heterocycles. The third kappa shape index (κ3) is 2.88. The lowest BCUT2D eigenvalue weighted by Gasteiger charge is -2.07. The monoisotopic (exact) mass is 316 g/mol. The van der Waals surface area contributed by atoms with Gasteiger partial charge in [0, 0.05) is 23.2 Å². The lowest BCUT2D eigenvalue weighted by atomic mass is 10.3. The van der Waals surface area contributed by atoms with Gasteiger partial charge in [0.2, 0.25) is 0 Å². The average Bonchev–Trinajstić information content (AvgIpc) is 3.04. The first-order chi connectivity index (χ1) is 10.2. The molecular weight excluding hydrogens is 300 g/mol. The van der Waals surface area contributed by atoms with Crippen molar-refractivity contribution in [3.05, 3.63) is 52.7 Å². The minimum atomic E-state index is 0.478. The molecule has 2 N–H and O–H groups in total. The van der Waals surface area contributed by atoms with E-state index in [0.29, 0.717) is 6.54 Å². The Bertz CT molecular complexity index is 746. The van der Waals surface area contributed by atoms with Crippen LogP contribution in [0.4, 0.5) is 0 Å². The molecule has 108 valence electrons. The second-order valence-electron chi connectivity index (χ2n) is 4.68. The Kier molecular flexibility index (Phi) is 4.10. The van der Waals surface area contributed by atoms with Crippen molar-refractivity contribution in [3.63, 3.8) is 0 Å². The summed E-state index contributed by atoms with van der Waals surface area (Å²) in [5.74, 6) is 0. The first kappa shape index (κ1) is 14.3. The topological polar surface area (TPSA) is 56.7 Å². The minimum absolute atomic E-state index is 0.478. The second-order valence-corrected chi connectivity index (χ2v) is 6.77. The van der Waals surface area contributed by atoms with Crippen LogP contribution in [0.2, 0.25) is 0 Å². The summed E-state index contributed by atoms with van der Waals surface area (Å²) < 4.78 is 2.97. The molecule has 0 amide bonds. The molecule has 3 rings (SSSR count). The van der Waals surface area contributed by atoms with E-state index in [1.807, 2.05) is 48.9 Å². The van der Waals surface area contributed by atoms with E-state index in [0.717, 1.165) is 32.0 Å². The lowest BCUT2D eigenvalue weighted by molar-refractivity contribution is 0.788. The smallest absolute Gasteiger partial charge is 0.156 e. The van der Waals surface area contributed by atoms with Crippen LogP contribution in [0.5, 0.6) is 0 Å². The maximum absolute atomic E-state index is 5.92. The predicted molar refractivity (Wildman–Crippen MR) is 87.2 cm³/mol. The molecule has 0 spiro atoms. The number of thiazole rings is 1. The fourth-order valence-electron chi connectivity index (χ4n) is 2.08. The highest BCUT2D eigenvalue weighted by Crippen LogP contribution is 2.35. The lowest BCUT2D eigenvalue weighted by Crippen LogP contribution is -2.01. The van der Waals surface area contributed by atoms with Crippen molar-refractivity contribution in [1.29, 1.82) is 0 Å². The quantitative estimate of drug-likeness (QED) is 0.799.